The maximum Gasteiger partial charge on any atom is 0.136 e. The Hall–Kier alpha value is -1.12. The highest BCUT2D eigenvalue weighted by molar-refractivity contribution is 5.48. The minimum atomic E-state index is -0.764. The molecule has 1 heterocycles. The first-order chi connectivity index (χ1) is 14.6. The van der Waals surface area contributed by atoms with Gasteiger partial charge < -0.3 is 4.74 Å². The molecule has 1 aliphatic heterocycles. The molecule has 1 aromatic carbocycles. The molecule has 0 bridgehead atoms. The van der Waals surface area contributed by atoms with E-state index in [9.17, 15) is 4.39 Å². The smallest absolute Gasteiger partial charge is 0.136 e. The number of halogens is 2. The Bertz CT molecular complexity index is 699. The lowest BCUT2D eigenvalue weighted by atomic mass is 9.76. The fraction of sp³-hybridized carbons (Fsp3) is 0.778. The summed E-state index contributed by atoms with van der Waals surface area (Å²) in [4.78, 5) is 0. The third kappa shape index (κ3) is 4.86. The molecule has 0 saturated heterocycles. The summed E-state index contributed by atoms with van der Waals surface area (Å²) in [7, 11) is 0. The van der Waals surface area contributed by atoms with Gasteiger partial charge in [0.25, 0.3) is 0 Å². The lowest BCUT2D eigenvalue weighted by Crippen LogP contribution is -2.26. The molecular weight excluding hydrogens is 378 g/mol. The lowest BCUT2D eigenvalue weighted by Gasteiger charge is -2.33. The highest BCUT2D eigenvalue weighted by Crippen LogP contribution is 2.43. The molecule has 0 N–H and O–H groups in total. The van der Waals surface area contributed by atoms with Crippen LogP contribution in [0.25, 0.3) is 0 Å². The Labute approximate surface area is 182 Å². The maximum absolute atomic E-state index is 15.3. The molecule has 0 spiro atoms. The zero-order chi connectivity index (χ0) is 21.1. The van der Waals surface area contributed by atoms with E-state index in [4.69, 9.17) is 4.74 Å². The standard InChI is InChI=1S/C27H40F2O/c1-3-19-8-11-21(12-9-19)24-16-22-13-15-23(30-27(22)25(17-28)26(24)29)14-10-20-6-4-18(2)5-7-20/h16,18-21,23H,3-15,17H2,1-2H3. The summed E-state index contributed by atoms with van der Waals surface area (Å²) >= 11 is 0. The van der Waals surface area contributed by atoms with Crippen LogP contribution in [0.3, 0.4) is 0 Å². The molecule has 1 atom stereocenters. The van der Waals surface area contributed by atoms with Crippen LogP contribution in [-0.2, 0) is 13.1 Å². The predicted molar refractivity (Wildman–Crippen MR) is 119 cm³/mol. The van der Waals surface area contributed by atoms with Crippen molar-refractivity contribution in [3.8, 4) is 5.75 Å². The summed E-state index contributed by atoms with van der Waals surface area (Å²) in [6.45, 7) is 3.84. The fourth-order valence-electron chi connectivity index (χ4n) is 6.20. The molecule has 3 aliphatic rings. The Morgan fingerprint density at radius 1 is 0.933 bits per heavy atom. The van der Waals surface area contributed by atoms with Crippen molar-refractivity contribution in [3.05, 3.63) is 28.6 Å². The Morgan fingerprint density at radius 2 is 1.63 bits per heavy atom. The van der Waals surface area contributed by atoms with Gasteiger partial charge in [-0.15, -0.1) is 0 Å². The number of hydrogen-bond donors (Lipinski definition) is 0. The summed E-state index contributed by atoms with van der Waals surface area (Å²) < 4.78 is 35.5. The molecule has 168 valence electrons. The van der Waals surface area contributed by atoms with E-state index < -0.39 is 6.67 Å². The van der Waals surface area contributed by atoms with Crippen LogP contribution in [0.1, 0.15) is 114 Å². The zero-order valence-electron chi connectivity index (χ0n) is 19.0. The van der Waals surface area contributed by atoms with Gasteiger partial charge in [0.15, 0.2) is 0 Å². The molecule has 1 nitrogen and oxygen atoms in total. The monoisotopic (exact) mass is 418 g/mol. The van der Waals surface area contributed by atoms with Crippen molar-refractivity contribution < 1.29 is 13.5 Å². The van der Waals surface area contributed by atoms with E-state index >= 15 is 4.39 Å². The number of hydrogen-bond acceptors (Lipinski definition) is 1. The quantitative estimate of drug-likeness (QED) is 0.451. The maximum atomic E-state index is 15.3. The summed E-state index contributed by atoms with van der Waals surface area (Å²) in [6, 6.07) is 2.03. The molecule has 1 unspecified atom stereocenters. The van der Waals surface area contributed by atoms with E-state index in [1.165, 1.54) is 51.4 Å². The molecule has 30 heavy (non-hydrogen) atoms. The van der Waals surface area contributed by atoms with Gasteiger partial charge >= 0.3 is 0 Å². The summed E-state index contributed by atoms with van der Waals surface area (Å²) in [5.74, 6) is 2.92. The van der Waals surface area contributed by atoms with Crippen LogP contribution in [0, 0.1) is 23.6 Å². The van der Waals surface area contributed by atoms with E-state index in [0.29, 0.717) is 5.75 Å². The first-order valence-corrected chi connectivity index (χ1v) is 12.7. The van der Waals surface area contributed by atoms with Crippen LogP contribution >= 0.6 is 0 Å². The van der Waals surface area contributed by atoms with Crippen LogP contribution in [0.4, 0.5) is 8.78 Å². The van der Waals surface area contributed by atoms with Gasteiger partial charge in [-0.25, -0.2) is 8.78 Å². The van der Waals surface area contributed by atoms with E-state index in [1.54, 1.807) is 0 Å². The topological polar surface area (TPSA) is 9.23 Å². The van der Waals surface area contributed by atoms with Crippen LogP contribution in [0.2, 0.25) is 0 Å². The van der Waals surface area contributed by atoms with Crippen molar-refractivity contribution in [1.82, 2.24) is 0 Å². The van der Waals surface area contributed by atoms with Gasteiger partial charge in [-0.05, 0) is 92.2 Å². The first-order valence-electron chi connectivity index (χ1n) is 12.7. The summed E-state index contributed by atoms with van der Waals surface area (Å²) in [5.41, 5.74) is 1.99. The SMILES string of the molecule is CCC1CCC(c2cc3c(c(CF)c2F)OC(CCC2CCC(C)CC2)CC3)CC1. The Morgan fingerprint density at radius 3 is 2.30 bits per heavy atom. The minimum absolute atomic E-state index is 0.118. The van der Waals surface area contributed by atoms with Crippen LogP contribution in [0.5, 0.6) is 5.75 Å². The van der Waals surface area contributed by atoms with Gasteiger partial charge in [0.05, 0.1) is 11.7 Å². The molecule has 2 saturated carbocycles. The Kier molecular flexibility index (Phi) is 7.36. The highest BCUT2D eigenvalue weighted by Gasteiger charge is 2.31. The van der Waals surface area contributed by atoms with Crippen molar-refractivity contribution in [2.45, 2.75) is 116 Å². The molecule has 1 aromatic rings. The lowest BCUT2D eigenvalue weighted by molar-refractivity contribution is 0.142. The zero-order valence-corrected chi connectivity index (χ0v) is 19.0. The highest BCUT2D eigenvalue weighted by atomic mass is 19.1. The van der Waals surface area contributed by atoms with E-state index in [0.717, 1.165) is 61.0 Å². The third-order valence-corrected chi connectivity index (χ3v) is 8.46. The van der Waals surface area contributed by atoms with Crippen LogP contribution < -0.4 is 4.74 Å². The predicted octanol–water partition coefficient (Wildman–Crippen LogP) is 8.28. The van der Waals surface area contributed by atoms with Crippen LogP contribution in [-0.4, -0.2) is 6.10 Å². The normalized spacial score (nSPS) is 31.8. The van der Waals surface area contributed by atoms with Crippen LogP contribution in [0.15, 0.2) is 6.07 Å². The van der Waals surface area contributed by atoms with Gasteiger partial charge in [0, 0.05) is 0 Å². The van der Waals surface area contributed by atoms with Gasteiger partial charge in [0.2, 0.25) is 0 Å². The number of rotatable bonds is 6. The number of alkyl halides is 1. The van der Waals surface area contributed by atoms with Gasteiger partial charge in [-0.2, -0.15) is 0 Å². The Balaban J connectivity index is 1.43. The van der Waals surface area contributed by atoms with E-state index in [-0.39, 0.29) is 23.4 Å². The van der Waals surface area contributed by atoms with Crippen molar-refractivity contribution in [2.24, 2.45) is 17.8 Å². The summed E-state index contributed by atoms with van der Waals surface area (Å²) in [5, 5.41) is 0. The third-order valence-electron chi connectivity index (χ3n) is 8.46. The van der Waals surface area contributed by atoms with Crippen molar-refractivity contribution in [1.29, 1.82) is 0 Å². The molecule has 3 heteroatoms. The van der Waals surface area contributed by atoms with Gasteiger partial charge in [-0.1, -0.05) is 46.0 Å². The molecule has 2 fully saturated rings. The molecule has 0 amide bonds. The second-order valence-corrected chi connectivity index (χ2v) is 10.5. The number of ether oxygens (including phenoxy) is 1. The van der Waals surface area contributed by atoms with Crippen molar-refractivity contribution in [2.75, 3.05) is 0 Å². The summed E-state index contributed by atoms with van der Waals surface area (Å²) in [6.07, 6.45) is 15.2. The fourth-order valence-corrected chi connectivity index (χ4v) is 6.20. The number of benzene rings is 1. The number of aryl methyl sites for hydroxylation is 1. The van der Waals surface area contributed by atoms with E-state index in [2.05, 4.69) is 13.8 Å². The average molecular weight is 419 g/mol. The first kappa shape index (κ1) is 22.1. The minimum Gasteiger partial charge on any atom is -0.490 e. The van der Waals surface area contributed by atoms with Crippen molar-refractivity contribution >= 4 is 0 Å². The molecule has 0 aromatic heterocycles. The molecule has 0 radical (unpaired) electrons. The second kappa shape index (κ2) is 10.0. The average Bonchev–Trinajstić information content (AvgIpc) is 2.78. The largest absolute Gasteiger partial charge is 0.490 e. The van der Waals surface area contributed by atoms with Gasteiger partial charge in [-0.3, -0.25) is 0 Å². The van der Waals surface area contributed by atoms with Gasteiger partial charge in [0.1, 0.15) is 18.2 Å². The van der Waals surface area contributed by atoms with Crippen molar-refractivity contribution in [3.63, 3.8) is 0 Å². The molecule has 4 rings (SSSR count). The molecular formula is C27H40F2O. The second-order valence-electron chi connectivity index (χ2n) is 10.5. The number of fused-ring (bicyclic) bond motifs is 1. The molecule has 2 aliphatic carbocycles. The van der Waals surface area contributed by atoms with E-state index in [1.807, 2.05) is 6.07 Å².